The zero-order valence-corrected chi connectivity index (χ0v) is 11.8. The molecule has 1 aliphatic heterocycles. The van der Waals surface area contributed by atoms with Gasteiger partial charge in [-0.3, -0.25) is 4.90 Å². The highest BCUT2D eigenvalue weighted by molar-refractivity contribution is 7.12. The fourth-order valence-corrected chi connectivity index (χ4v) is 3.17. The van der Waals surface area contributed by atoms with Gasteiger partial charge in [-0.1, -0.05) is 11.8 Å². The van der Waals surface area contributed by atoms with Gasteiger partial charge >= 0.3 is 0 Å². The molecule has 0 bridgehead atoms. The largest absolute Gasteiger partial charge is 0.394 e. The van der Waals surface area contributed by atoms with Crippen LogP contribution in [0.4, 0.5) is 0 Å². The summed E-state index contributed by atoms with van der Waals surface area (Å²) in [4.78, 5) is 4.52. The highest BCUT2D eigenvalue weighted by Gasteiger charge is 2.24. The molecule has 0 spiro atoms. The van der Waals surface area contributed by atoms with Crippen molar-refractivity contribution >= 4 is 11.3 Å². The standard InChI is InChI=1S/C14H19NO3S/c1-11-7-15(8-12(10-17)18-11)9-14-5-4-13(19-14)3-2-6-16/h4-5,11-12,16-17H,6-10H2,1H3. The first-order valence-corrected chi connectivity index (χ1v) is 7.20. The number of morpholine rings is 1. The van der Waals surface area contributed by atoms with Gasteiger partial charge in [0.15, 0.2) is 0 Å². The van der Waals surface area contributed by atoms with E-state index in [0.717, 1.165) is 24.5 Å². The molecule has 2 N–H and O–H groups in total. The van der Waals surface area contributed by atoms with Crippen LogP contribution in [0.1, 0.15) is 16.7 Å². The van der Waals surface area contributed by atoms with Gasteiger partial charge in [0.25, 0.3) is 0 Å². The monoisotopic (exact) mass is 281 g/mol. The van der Waals surface area contributed by atoms with Gasteiger partial charge in [0.1, 0.15) is 6.61 Å². The lowest BCUT2D eigenvalue weighted by Crippen LogP contribution is -2.47. The molecule has 2 heterocycles. The van der Waals surface area contributed by atoms with E-state index in [1.165, 1.54) is 4.88 Å². The molecule has 2 atom stereocenters. The minimum Gasteiger partial charge on any atom is -0.394 e. The van der Waals surface area contributed by atoms with Crippen molar-refractivity contribution in [1.29, 1.82) is 0 Å². The fourth-order valence-electron chi connectivity index (χ4n) is 2.25. The fraction of sp³-hybridized carbons (Fsp3) is 0.571. The number of aliphatic hydroxyl groups excluding tert-OH is 2. The molecule has 1 fully saturated rings. The third-order valence-corrected chi connectivity index (χ3v) is 3.92. The van der Waals surface area contributed by atoms with Gasteiger partial charge in [-0.05, 0) is 19.1 Å². The minimum absolute atomic E-state index is 0.0680. The Hall–Kier alpha value is -0.900. The van der Waals surface area contributed by atoms with E-state index in [1.807, 2.05) is 13.0 Å². The maximum absolute atomic E-state index is 9.20. The molecule has 0 saturated carbocycles. The predicted octanol–water partition coefficient (Wildman–Crippen LogP) is 0.674. The summed E-state index contributed by atoms with van der Waals surface area (Å²) in [5.41, 5.74) is 0. The maximum Gasteiger partial charge on any atom is 0.104 e. The Balaban J connectivity index is 1.94. The Labute approximate surface area is 117 Å². The highest BCUT2D eigenvalue weighted by atomic mass is 32.1. The Morgan fingerprint density at radius 1 is 1.42 bits per heavy atom. The smallest absolute Gasteiger partial charge is 0.104 e. The van der Waals surface area contributed by atoms with Gasteiger partial charge < -0.3 is 14.9 Å². The lowest BCUT2D eigenvalue weighted by molar-refractivity contribution is -0.0970. The van der Waals surface area contributed by atoms with Gasteiger partial charge in [-0.2, -0.15) is 0 Å². The van der Waals surface area contributed by atoms with Crippen LogP contribution in [0.2, 0.25) is 0 Å². The number of aliphatic hydroxyl groups is 2. The maximum atomic E-state index is 9.20. The average Bonchev–Trinajstić information content (AvgIpc) is 2.83. The first-order valence-electron chi connectivity index (χ1n) is 6.38. The second-order valence-corrected chi connectivity index (χ2v) is 5.84. The Morgan fingerprint density at radius 2 is 2.26 bits per heavy atom. The Kier molecular flexibility index (Phi) is 5.37. The topological polar surface area (TPSA) is 52.9 Å². The summed E-state index contributed by atoms with van der Waals surface area (Å²) in [6, 6.07) is 4.05. The van der Waals surface area contributed by atoms with Crippen molar-refractivity contribution in [1.82, 2.24) is 4.90 Å². The second-order valence-electron chi connectivity index (χ2n) is 4.67. The minimum atomic E-state index is -0.105. The first kappa shape index (κ1) is 14.5. The summed E-state index contributed by atoms with van der Waals surface area (Å²) in [6.45, 7) is 4.49. The SMILES string of the molecule is CC1CN(Cc2ccc(C#CCO)s2)CC(CO)O1. The van der Waals surface area contributed by atoms with Crippen LogP contribution in [0, 0.1) is 11.8 Å². The summed E-state index contributed by atoms with van der Waals surface area (Å²) >= 11 is 1.65. The molecule has 1 aliphatic rings. The van der Waals surface area contributed by atoms with Crippen molar-refractivity contribution in [2.24, 2.45) is 0 Å². The van der Waals surface area contributed by atoms with Crippen LogP contribution in [0.15, 0.2) is 12.1 Å². The molecular weight excluding hydrogens is 262 g/mol. The molecule has 0 amide bonds. The summed E-state index contributed by atoms with van der Waals surface area (Å²) in [6.07, 6.45) is 0.0666. The summed E-state index contributed by atoms with van der Waals surface area (Å²) < 4.78 is 5.62. The van der Waals surface area contributed by atoms with Crippen LogP contribution in [-0.2, 0) is 11.3 Å². The second kappa shape index (κ2) is 7.04. The quantitative estimate of drug-likeness (QED) is 0.800. The van der Waals surface area contributed by atoms with Crippen molar-refractivity contribution in [2.75, 3.05) is 26.3 Å². The third kappa shape index (κ3) is 4.30. The van der Waals surface area contributed by atoms with Crippen molar-refractivity contribution in [2.45, 2.75) is 25.7 Å². The van der Waals surface area contributed by atoms with Crippen LogP contribution in [-0.4, -0.2) is 53.6 Å². The molecule has 4 nitrogen and oxygen atoms in total. The molecule has 0 aliphatic carbocycles. The molecular formula is C14H19NO3S. The highest BCUT2D eigenvalue weighted by Crippen LogP contribution is 2.20. The molecule has 2 unspecified atom stereocenters. The molecule has 104 valence electrons. The van der Waals surface area contributed by atoms with E-state index < -0.39 is 0 Å². The first-order chi connectivity index (χ1) is 9.21. The summed E-state index contributed by atoms with van der Waals surface area (Å²) in [5.74, 6) is 5.57. The van der Waals surface area contributed by atoms with Crippen LogP contribution in [0.25, 0.3) is 0 Å². The molecule has 0 radical (unpaired) electrons. The van der Waals surface area contributed by atoms with Gasteiger partial charge in [0, 0.05) is 24.5 Å². The van der Waals surface area contributed by atoms with E-state index in [-0.39, 0.29) is 25.4 Å². The summed E-state index contributed by atoms with van der Waals surface area (Å²) in [7, 11) is 0. The lowest BCUT2D eigenvalue weighted by atomic mass is 10.2. The Bertz CT molecular complexity index is 463. The number of hydrogen-bond acceptors (Lipinski definition) is 5. The number of nitrogens with zero attached hydrogens (tertiary/aromatic N) is 1. The number of rotatable bonds is 3. The molecule has 2 rings (SSSR count). The van der Waals surface area contributed by atoms with Gasteiger partial charge in [-0.15, -0.1) is 11.3 Å². The van der Waals surface area contributed by atoms with Crippen LogP contribution in [0.5, 0.6) is 0 Å². The summed E-state index contributed by atoms with van der Waals surface area (Å²) in [5, 5.41) is 17.9. The van der Waals surface area contributed by atoms with E-state index in [0.29, 0.717) is 0 Å². The van der Waals surface area contributed by atoms with Crippen LogP contribution in [0.3, 0.4) is 0 Å². The Morgan fingerprint density at radius 3 is 3.00 bits per heavy atom. The molecule has 19 heavy (non-hydrogen) atoms. The van der Waals surface area contributed by atoms with Gasteiger partial charge in [0.2, 0.25) is 0 Å². The van der Waals surface area contributed by atoms with Crippen LogP contribution < -0.4 is 0 Å². The molecule has 5 heteroatoms. The van der Waals surface area contributed by atoms with Crippen molar-refractivity contribution in [3.8, 4) is 11.8 Å². The van der Waals surface area contributed by atoms with Gasteiger partial charge in [-0.25, -0.2) is 0 Å². The average molecular weight is 281 g/mol. The van der Waals surface area contributed by atoms with Crippen LogP contribution >= 0.6 is 11.3 Å². The normalized spacial score (nSPS) is 23.9. The number of thiophene rings is 1. The molecule has 1 aromatic rings. The van der Waals surface area contributed by atoms with E-state index in [4.69, 9.17) is 9.84 Å². The zero-order valence-electron chi connectivity index (χ0n) is 11.0. The zero-order chi connectivity index (χ0) is 13.7. The van der Waals surface area contributed by atoms with E-state index in [2.05, 4.69) is 22.8 Å². The predicted molar refractivity (Wildman–Crippen MR) is 75.0 cm³/mol. The van der Waals surface area contributed by atoms with E-state index >= 15 is 0 Å². The van der Waals surface area contributed by atoms with E-state index in [9.17, 15) is 5.11 Å². The molecule has 1 aromatic heterocycles. The van der Waals surface area contributed by atoms with Crippen molar-refractivity contribution in [3.05, 3.63) is 21.9 Å². The molecule has 1 saturated heterocycles. The third-order valence-electron chi connectivity index (χ3n) is 2.94. The van der Waals surface area contributed by atoms with Crippen molar-refractivity contribution in [3.63, 3.8) is 0 Å². The number of ether oxygens (including phenoxy) is 1. The van der Waals surface area contributed by atoms with Crippen molar-refractivity contribution < 1.29 is 14.9 Å². The van der Waals surface area contributed by atoms with E-state index in [1.54, 1.807) is 11.3 Å². The van der Waals surface area contributed by atoms with Gasteiger partial charge in [0.05, 0.1) is 23.7 Å². The molecule has 0 aromatic carbocycles. The number of hydrogen-bond donors (Lipinski definition) is 2. The lowest BCUT2D eigenvalue weighted by Gasteiger charge is -2.35.